The number of nitrogens with zero attached hydrogens (tertiary/aromatic N) is 2. The van der Waals surface area contributed by atoms with Crippen molar-refractivity contribution < 1.29 is 4.79 Å². The fourth-order valence-corrected chi connectivity index (χ4v) is 2.93. The van der Waals surface area contributed by atoms with Crippen LogP contribution < -0.4 is 16.4 Å². The summed E-state index contributed by atoms with van der Waals surface area (Å²) < 4.78 is 0. The van der Waals surface area contributed by atoms with Gasteiger partial charge in [0.1, 0.15) is 5.70 Å². The van der Waals surface area contributed by atoms with Gasteiger partial charge < -0.3 is 16.4 Å². The summed E-state index contributed by atoms with van der Waals surface area (Å²) in [5, 5.41) is 6.31. The van der Waals surface area contributed by atoms with Gasteiger partial charge in [-0.3, -0.25) is 14.8 Å². The van der Waals surface area contributed by atoms with Gasteiger partial charge in [0.15, 0.2) is 0 Å². The van der Waals surface area contributed by atoms with Crippen LogP contribution in [0.25, 0.3) is 5.57 Å². The van der Waals surface area contributed by atoms with Crippen LogP contribution in [0, 0.1) is 0 Å². The second-order valence-corrected chi connectivity index (χ2v) is 7.47. The number of aliphatic imine (C=N–C) groups is 1. The lowest BCUT2D eigenvalue weighted by Gasteiger charge is -2.12. The van der Waals surface area contributed by atoms with Gasteiger partial charge in [-0.1, -0.05) is 51.5 Å². The maximum atomic E-state index is 12.9. The molecule has 0 aromatic carbocycles. The van der Waals surface area contributed by atoms with Crippen LogP contribution in [0.3, 0.4) is 0 Å². The number of nitrogens with one attached hydrogen (secondary N) is 2. The minimum Gasteiger partial charge on any atom is -0.397 e. The third-order valence-electron chi connectivity index (χ3n) is 4.68. The van der Waals surface area contributed by atoms with Gasteiger partial charge in [0, 0.05) is 24.7 Å². The Morgan fingerprint density at radius 1 is 1.22 bits per heavy atom. The second kappa shape index (κ2) is 15.8. The zero-order valence-corrected chi connectivity index (χ0v) is 20.2. The molecule has 174 valence electrons. The normalized spacial score (nSPS) is 14.0. The molecular formula is C26H39N5O. The van der Waals surface area contributed by atoms with E-state index in [2.05, 4.69) is 34.5 Å². The van der Waals surface area contributed by atoms with Crippen molar-refractivity contribution in [1.82, 2.24) is 15.6 Å². The predicted molar refractivity (Wildman–Crippen MR) is 136 cm³/mol. The van der Waals surface area contributed by atoms with Crippen LogP contribution in [0.4, 0.5) is 0 Å². The molecule has 6 heteroatoms. The Bertz CT molecular complexity index is 863. The summed E-state index contributed by atoms with van der Waals surface area (Å²) >= 11 is 0. The van der Waals surface area contributed by atoms with Crippen LogP contribution in [-0.4, -0.2) is 29.7 Å². The molecule has 0 saturated heterocycles. The Labute approximate surface area is 193 Å². The number of hydrogen-bond acceptors (Lipinski definition) is 5. The number of hydrogen-bond donors (Lipinski definition) is 3. The Hall–Kier alpha value is -2.99. The summed E-state index contributed by atoms with van der Waals surface area (Å²) in [6.45, 7) is 11.7. The monoisotopic (exact) mass is 437 g/mol. The SMILES string of the molecule is C/C=C(\N=C(/CCC)CNCCC)C(=O)NC(=C\CC)/C(N)=C\C=C(/C)c1cccnc1. The van der Waals surface area contributed by atoms with Gasteiger partial charge in [0.25, 0.3) is 5.91 Å². The first-order valence-corrected chi connectivity index (χ1v) is 11.5. The standard InChI is InChI=1S/C26H39N5O/c1-6-11-22(19-28-16-8-3)30-24(9-4)26(32)31-25(12-7-2)23(27)15-14-20(5)21-13-10-17-29-18-21/h9-10,12-15,17-18,28H,6-8,11,16,19,27H2,1-5H3,(H,31,32)/b20-14+,23-15+,24-9-,25-12-,30-22+. The molecule has 0 unspecified atom stereocenters. The van der Waals surface area contributed by atoms with Gasteiger partial charge in [-0.05, 0) is 62.9 Å². The molecule has 0 aliphatic heterocycles. The van der Waals surface area contributed by atoms with Crippen LogP contribution in [-0.2, 0) is 4.79 Å². The molecule has 1 aromatic heterocycles. The van der Waals surface area contributed by atoms with E-state index >= 15 is 0 Å². The first kappa shape index (κ1) is 27.0. The molecule has 1 aromatic rings. The maximum absolute atomic E-state index is 12.9. The van der Waals surface area contributed by atoms with Crippen LogP contribution in [0.2, 0.25) is 0 Å². The highest BCUT2D eigenvalue weighted by Gasteiger charge is 2.12. The van der Waals surface area contributed by atoms with E-state index in [0.717, 1.165) is 49.1 Å². The number of pyridine rings is 1. The molecule has 6 nitrogen and oxygen atoms in total. The van der Waals surface area contributed by atoms with Gasteiger partial charge in [-0.25, -0.2) is 0 Å². The molecule has 0 aliphatic rings. The Balaban J connectivity index is 3.00. The van der Waals surface area contributed by atoms with Crippen molar-refractivity contribution in [1.29, 1.82) is 0 Å². The summed E-state index contributed by atoms with van der Waals surface area (Å²) in [5.74, 6) is -0.263. The van der Waals surface area contributed by atoms with Crippen molar-refractivity contribution in [2.45, 2.75) is 60.3 Å². The number of allylic oxidation sites excluding steroid dienone is 5. The molecular weight excluding hydrogens is 398 g/mol. The second-order valence-electron chi connectivity index (χ2n) is 7.47. The van der Waals surface area contributed by atoms with Crippen molar-refractivity contribution in [3.8, 4) is 0 Å². The van der Waals surface area contributed by atoms with E-state index in [1.165, 1.54) is 0 Å². The van der Waals surface area contributed by atoms with E-state index in [1.54, 1.807) is 24.5 Å². The van der Waals surface area contributed by atoms with Crippen LogP contribution in [0.5, 0.6) is 0 Å². The smallest absolute Gasteiger partial charge is 0.273 e. The quantitative estimate of drug-likeness (QED) is 0.177. The number of carbonyl (C=O) groups is 1. The molecule has 0 saturated carbocycles. The molecule has 4 N–H and O–H groups in total. The highest BCUT2D eigenvalue weighted by molar-refractivity contribution is 5.99. The molecule has 0 fully saturated rings. The van der Waals surface area contributed by atoms with Crippen LogP contribution >= 0.6 is 0 Å². The highest BCUT2D eigenvalue weighted by atomic mass is 16.2. The number of rotatable bonds is 13. The number of carbonyl (C=O) groups excluding carboxylic acids is 1. The number of amides is 1. The summed E-state index contributed by atoms with van der Waals surface area (Å²) in [5.41, 5.74) is 10.8. The molecule has 0 radical (unpaired) electrons. The molecule has 0 bridgehead atoms. The topological polar surface area (TPSA) is 92.4 Å². The fourth-order valence-electron chi connectivity index (χ4n) is 2.93. The van der Waals surface area contributed by atoms with E-state index in [-0.39, 0.29) is 5.91 Å². The minimum atomic E-state index is -0.263. The molecule has 0 aliphatic carbocycles. The van der Waals surface area contributed by atoms with Gasteiger partial charge in [-0.15, -0.1) is 0 Å². The molecule has 1 amide bonds. The van der Waals surface area contributed by atoms with Gasteiger partial charge in [-0.2, -0.15) is 0 Å². The summed E-state index contributed by atoms with van der Waals surface area (Å²) in [6, 6.07) is 3.89. The lowest BCUT2D eigenvalue weighted by molar-refractivity contribution is -0.116. The van der Waals surface area contributed by atoms with E-state index in [9.17, 15) is 4.79 Å². The molecule has 1 heterocycles. The van der Waals surface area contributed by atoms with E-state index < -0.39 is 0 Å². The van der Waals surface area contributed by atoms with Crippen LogP contribution in [0.1, 0.15) is 65.9 Å². The first-order chi connectivity index (χ1) is 15.5. The summed E-state index contributed by atoms with van der Waals surface area (Å²) in [6.07, 6.45) is 14.5. The first-order valence-electron chi connectivity index (χ1n) is 11.5. The Kier molecular flexibility index (Phi) is 13.3. The minimum absolute atomic E-state index is 0.263. The number of nitrogens with two attached hydrogens (primary N) is 1. The average Bonchev–Trinajstić information content (AvgIpc) is 2.80. The third-order valence-corrected chi connectivity index (χ3v) is 4.68. The van der Waals surface area contributed by atoms with Gasteiger partial charge >= 0.3 is 0 Å². The van der Waals surface area contributed by atoms with Gasteiger partial charge in [0.2, 0.25) is 0 Å². The lowest BCUT2D eigenvalue weighted by atomic mass is 10.1. The molecule has 0 atom stereocenters. The molecule has 0 spiro atoms. The number of aromatic nitrogens is 1. The maximum Gasteiger partial charge on any atom is 0.273 e. The van der Waals surface area contributed by atoms with E-state index in [1.807, 2.05) is 45.1 Å². The lowest BCUT2D eigenvalue weighted by Crippen LogP contribution is -2.28. The predicted octanol–water partition coefficient (Wildman–Crippen LogP) is 4.88. The molecule has 32 heavy (non-hydrogen) atoms. The molecule has 1 rings (SSSR count). The van der Waals surface area contributed by atoms with Crippen molar-refractivity contribution in [2.75, 3.05) is 13.1 Å². The third kappa shape index (κ3) is 9.88. The highest BCUT2D eigenvalue weighted by Crippen LogP contribution is 2.13. The van der Waals surface area contributed by atoms with E-state index in [0.29, 0.717) is 23.6 Å². The van der Waals surface area contributed by atoms with Gasteiger partial charge in [0.05, 0.1) is 11.4 Å². The Morgan fingerprint density at radius 2 is 2.00 bits per heavy atom. The fraction of sp³-hybridized carbons (Fsp3) is 0.423. The summed E-state index contributed by atoms with van der Waals surface area (Å²) in [7, 11) is 0. The Morgan fingerprint density at radius 3 is 2.59 bits per heavy atom. The van der Waals surface area contributed by atoms with Crippen molar-refractivity contribution in [2.24, 2.45) is 10.7 Å². The van der Waals surface area contributed by atoms with E-state index in [4.69, 9.17) is 5.73 Å². The average molecular weight is 438 g/mol. The largest absolute Gasteiger partial charge is 0.397 e. The zero-order chi connectivity index (χ0) is 23.8. The van der Waals surface area contributed by atoms with Crippen LogP contribution in [0.15, 0.2) is 70.9 Å². The van der Waals surface area contributed by atoms with Crippen molar-refractivity contribution in [3.63, 3.8) is 0 Å². The summed E-state index contributed by atoms with van der Waals surface area (Å²) in [4.78, 5) is 21.7. The zero-order valence-electron chi connectivity index (χ0n) is 20.2. The van der Waals surface area contributed by atoms with Crippen molar-refractivity contribution in [3.05, 3.63) is 71.5 Å². The van der Waals surface area contributed by atoms with Crippen molar-refractivity contribution >= 4 is 17.2 Å².